The van der Waals surface area contributed by atoms with Crippen LogP contribution in [0.15, 0.2) is 60.1 Å². The van der Waals surface area contributed by atoms with Crippen molar-refractivity contribution >= 4 is 27.4 Å². The number of hydrogen-bond acceptors (Lipinski definition) is 6. The van der Waals surface area contributed by atoms with Crippen LogP contribution in [0.25, 0.3) is 32.9 Å². The number of benzene rings is 1. The molecule has 4 heterocycles. The molecule has 1 aromatic carbocycles. The molecule has 0 saturated carbocycles. The van der Waals surface area contributed by atoms with Gasteiger partial charge in [0.15, 0.2) is 5.82 Å². The molecular weight excluding hydrogens is 380 g/mol. The van der Waals surface area contributed by atoms with Crippen LogP contribution in [0.5, 0.6) is 0 Å². The van der Waals surface area contributed by atoms with Crippen molar-refractivity contribution in [3.8, 4) is 22.6 Å². The number of thiophene rings is 1. The molecule has 0 amide bonds. The van der Waals surface area contributed by atoms with Crippen molar-refractivity contribution in [3.63, 3.8) is 0 Å². The second kappa shape index (κ2) is 7.89. The van der Waals surface area contributed by atoms with E-state index < -0.39 is 0 Å². The third kappa shape index (κ3) is 3.50. The highest BCUT2D eigenvalue weighted by Gasteiger charge is 2.25. The average Bonchev–Trinajstić information content (AvgIpc) is 3.24. The van der Waals surface area contributed by atoms with E-state index >= 15 is 0 Å². The average molecular weight is 403 g/mol. The van der Waals surface area contributed by atoms with Crippen LogP contribution in [-0.2, 0) is 0 Å². The Bertz CT molecular complexity index is 1110. The Labute approximate surface area is 173 Å². The summed E-state index contributed by atoms with van der Waals surface area (Å²) in [5.74, 6) is 1.89. The zero-order valence-electron chi connectivity index (χ0n) is 16.0. The first-order valence-electron chi connectivity index (χ1n) is 9.95. The van der Waals surface area contributed by atoms with Crippen LogP contribution in [-0.4, -0.2) is 39.8 Å². The Morgan fingerprint density at radius 2 is 1.93 bits per heavy atom. The molecule has 0 bridgehead atoms. The van der Waals surface area contributed by atoms with Crippen LogP contribution >= 0.6 is 11.3 Å². The number of nitrogens with zero attached hydrogens (tertiary/aromatic N) is 4. The first-order valence-corrected chi connectivity index (χ1v) is 10.8. The fourth-order valence-corrected chi connectivity index (χ4v) is 4.94. The third-order valence-electron chi connectivity index (χ3n) is 5.47. The largest absolute Gasteiger partial charge is 0.396 e. The zero-order chi connectivity index (χ0) is 19.6. The predicted octanol–water partition coefficient (Wildman–Crippen LogP) is 4.63. The molecule has 0 spiro atoms. The summed E-state index contributed by atoms with van der Waals surface area (Å²) >= 11 is 1.65. The van der Waals surface area contributed by atoms with Crippen molar-refractivity contribution in [2.75, 3.05) is 24.6 Å². The topological polar surface area (TPSA) is 62.1 Å². The van der Waals surface area contributed by atoms with E-state index in [9.17, 15) is 5.11 Å². The van der Waals surface area contributed by atoms with E-state index in [2.05, 4.69) is 39.5 Å². The van der Waals surface area contributed by atoms with Gasteiger partial charge in [-0.25, -0.2) is 9.97 Å². The molecule has 4 aromatic rings. The second-order valence-corrected chi connectivity index (χ2v) is 8.28. The molecule has 1 fully saturated rings. The van der Waals surface area contributed by atoms with Gasteiger partial charge >= 0.3 is 0 Å². The van der Waals surface area contributed by atoms with E-state index in [1.54, 1.807) is 17.5 Å². The van der Waals surface area contributed by atoms with Gasteiger partial charge in [0.25, 0.3) is 0 Å². The van der Waals surface area contributed by atoms with Crippen molar-refractivity contribution in [1.29, 1.82) is 0 Å². The van der Waals surface area contributed by atoms with Crippen molar-refractivity contribution < 1.29 is 5.11 Å². The van der Waals surface area contributed by atoms with Gasteiger partial charge in [0.05, 0.1) is 5.39 Å². The zero-order valence-corrected chi connectivity index (χ0v) is 16.8. The highest BCUT2D eigenvalue weighted by Crippen LogP contribution is 2.40. The summed E-state index contributed by atoms with van der Waals surface area (Å²) in [6.45, 7) is 1.97. The summed E-state index contributed by atoms with van der Waals surface area (Å²) in [6.07, 6.45) is 3.89. The maximum absolute atomic E-state index is 9.73. The lowest BCUT2D eigenvalue weighted by molar-refractivity contribution is 0.208. The van der Waals surface area contributed by atoms with Gasteiger partial charge in [0.1, 0.15) is 16.3 Å². The maximum atomic E-state index is 9.73. The van der Waals surface area contributed by atoms with Gasteiger partial charge in [0, 0.05) is 36.8 Å². The highest BCUT2D eigenvalue weighted by atomic mass is 32.1. The molecule has 0 radical (unpaired) electrons. The van der Waals surface area contributed by atoms with E-state index in [0.717, 1.165) is 47.7 Å². The summed E-state index contributed by atoms with van der Waals surface area (Å²) in [7, 11) is 0. The van der Waals surface area contributed by atoms with E-state index in [-0.39, 0.29) is 12.5 Å². The molecule has 0 unspecified atom stereocenters. The molecule has 3 aromatic heterocycles. The van der Waals surface area contributed by atoms with Crippen LogP contribution in [0.2, 0.25) is 0 Å². The molecule has 29 heavy (non-hydrogen) atoms. The summed E-state index contributed by atoms with van der Waals surface area (Å²) < 4.78 is 0. The minimum Gasteiger partial charge on any atom is -0.396 e. The quantitative estimate of drug-likeness (QED) is 0.539. The van der Waals surface area contributed by atoms with Gasteiger partial charge in [-0.2, -0.15) is 0 Å². The molecule has 146 valence electrons. The number of fused-ring (bicyclic) bond motifs is 1. The number of rotatable bonds is 4. The Balaban J connectivity index is 1.71. The molecule has 1 saturated heterocycles. The summed E-state index contributed by atoms with van der Waals surface area (Å²) in [4.78, 5) is 17.6. The SMILES string of the molecule is OC[C@@H]1CCCN(c2nc(-c3ccccn3)nc3scc(-c4ccccc4)c23)C1. The fourth-order valence-electron chi connectivity index (χ4n) is 4.00. The van der Waals surface area contributed by atoms with E-state index in [4.69, 9.17) is 9.97 Å². The molecule has 1 aliphatic heterocycles. The lowest BCUT2D eigenvalue weighted by atomic mass is 9.98. The van der Waals surface area contributed by atoms with Crippen molar-refractivity contribution in [3.05, 3.63) is 60.1 Å². The van der Waals surface area contributed by atoms with E-state index in [1.165, 1.54) is 11.1 Å². The Kier molecular flexibility index (Phi) is 4.96. The van der Waals surface area contributed by atoms with Gasteiger partial charge in [-0.1, -0.05) is 36.4 Å². The van der Waals surface area contributed by atoms with Gasteiger partial charge in [-0.05, 0) is 36.5 Å². The standard InChI is InChI=1S/C23H22N4OS/c28-14-16-7-6-12-27(13-16)22-20-18(17-8-2-1-3-9-17)15-29-23(20)26-21(25-22)19-10-4-5-11-24-19/h1-5,8-11,15-16,28H,6-7,12-14H2/t16-/m1/s1. The second-order valence-electron chi connectivity index (χ2n) is 7.42. The van der Waals surface area contributed by atoms with Crippen LogP contribution in [0, 0.1) is 5.92 Å². The lowest BCUT2D eigenvalue weighted by Gasteiger charge is -2.33. The van der Waals surface area contributed by atoms with Crippen molar-refractivity contribution in [1.82, 2.24) is 15.0 Å². The fraction of sp³-hybridized carbons (Fsp3) is 0.261. The lowest BCUT2D eigenvalue weighted by Crippen LogP contribution is -2.37. The number of aromatic nitrogens is 3. The van der Waals surface area contributed by atoms with Crippen LogP contribution in [0.4, 0.5) is 5.82 Å². The number of aliphatic hydroxyl groups is 1. The van der Waals surface area contributed by atoms with E-state index in [1.807, 2.05) is 24.3 Å². The number of hydrogen-bond donors (Lipinski definition) is 1. The van der Waals surface area contributed by atoms with Gasteiger partial charge in [0.2, 0.25) is 0 Å². The van der Waals surface area contributed by atoms with Crippen LogP contribution in [0.3, 0.4) is 0 Å². The monoisotopic (exact) mass is 402 g/mol. The van der Waals surface area contributed by atoms with Gasteiger partial charge in [-0.3, -0.25) is 4.98 Å². The molecular formula is C23H22N4OS. The summed E-state index contributed by atoms with van der Waals surface area (Å²) in [6, 6.07) is 16.2. The normalized spacial score (nSPS) is 17.0. The maximum Gasteiger partial charge on any atom is 0.181 e. The Hall–Kier alpha value is -2.83. The summed E-state index contributed by atoms with van der Waals surface area (Å²) in [5, 5.41) is 13.0. The highest BCUT2D eigenvalue weighted by molar-refractivity contribution is 7.17. The van der Waals surface area contributed by atoms with E-state index in [0.29, 0.717) is 5.82 Å². The molecule has 6 heteroatoms. The molecule has 5 nitrogen and oxygen atoms in total. The van der Waals surface area contributed by atoms with Gasteiger partial charge in [-0.15, -0.1) is 11.3 Å². The summed E-state index contributed by atoms with van der Waals surface area (Å²) in [5.41, 5.74) is 3.12. The molecule has 1 aliphatic rings. The minimum atomic E-state index is 0.215. The molecule has 5 rings (SSSR count). The van der Waals surface area contributed by atoms with Crippen molar-refractivity contribution in [2.45, 2.75) is 12.8 Å². The molecule has 1 N–H and O–H groups in total. The minimum absolute atomic E-state index is 0.215. The smallest absolute Gasteiger partial charge is 0.181 e. The number of aliphatic hydroxyl groups excluding tert-OH is 1. The number of anilines is 1. The molecule has 1 atom stereocenters. The van der Waals surface area contributed by atoms with Crippen LogP contribution < -0.4 is 4.90 Å². The Morgan fingerprint density at radius 1 is 1.07 bits per heavy atom. The number of pyridine rings is 1. The number of piperidine rings is 1. The van der Waals surface area contributed by atoms with Crippen LogP contribution in [0.1, 0.15) is 12.8 Å². The first-order chi connectivity index (χ1) is 14.3. The van der Waals surface area contributed by atoms with Crippen molar-refractivity contribution in [2.24, 2.45) is 5.92 Å². The van der Waals surface area contributed by atoms with Gasteiger partial charge < -0.3 is 10.0 Å². The predicted molar refractivity (Wildman–Crippen MR) is 118 cm³/mol. The first kappa shape index (κ1) is 18.2. The third-order valence-corrected chi connectivity index (χ3v) is 6.34. The Morgan fingerprint density at radius 3 is 2.72 bits per heavy atom. The molecule has 0 aliphatic carbocycles.